The van der Waals surface area contributed by atoms with Gasteiger partial charge in [-0.3, -0.25) is 0 Å². The second-order valence-corrected chi connectivity index (χ2v) is 10.8. The van der Waals surface area contributed by atoms with Crippen LogP contribution in [0.15, 0.2) is 20.9 Å². The predicted molar refractivity (Wildman–Crippen MR) is 86.7 cm³/mol. The van der Waals surface area contributed by atoms with E-state index in [0.717, 1.165) is 21.8 Å². The summed E-state index contributed by atoms with van der Waals surface area (Å²) in [7, 11) is -6.87. The molecule has 3 heterocycles. The molecule has 1 saturated heterocycles. The van der Waals surface area contributed by atoms with E-state index >= 15 is 0 Å². The molecule has 1 aliphatic heterocycles. The summed E-state index contributed by atoms with van der Waals surface area (Å²) in [6, 6.07) is 2.66. The van der Waals surface area contributed by atoms with E-state index < -0.39 is 25.9 Å². The highest BCUT2D eigenvalue weighted by Crippen LogP contribution is 2.34. The number of hydrogen-bond donors (Lipinski definition) is 1. The smallest absolute Gasteiger partial charge is 0.250 e. The molecule has 1 N–H and O–H groups in total. The maximum absolute atomic E-state index is 12.4. The molecule has 126 valence electrons. The molecule has 10 heteroatoms. The lowest BCUT2D eigenvalue weighted by Crippen LogP contribution is -2.35. The van der Waals surface area contributed by atoms with E-state index in [0.29, 0.717) is 17.9 Å². The summed E-state index contributed by atoms with van der Waals surface area (Å²) in [6.45, 7) is 3.56. The minimum Gasteiger partial charge on any atom is -0.361 e. The van der Waals surface area contributed by atoms with Gasteiger partial charge in [0.15, 0.2) is 9.84 Å². The highest BCUT2D eigenvalue weighted by molar-refractivity contribution is 7.92. The van der Waals surface area contributed by atoms with E-state index in [2.05, 4.69) is 9.88 Å². The molecule has 7 nitrogen and oxygen atoms in total. The molecule has 23 heavy (non-hydrogen) atoms. The Morgan fingerprint density at radius 2 is 2.09 bits per heavy atom. The van der Waals surface area contributed by atoms with Crippen molar-refractivity contribution in [2.45, 2.75) is 30.5 Å². The molecule has 0 saturated carbocycles. The van der Waals surface area contributed by atoms with Crippen LogP contribution in [0.1, 0.15) is 17.9 Å². The highest BCUT2D eigenvalue weighted by atomic mass is 32.2. The zero-order chi connectivity index (χ0) is 16.8. The molecule has 1 aliphatic rings. The van der Waals surface area contributed by atoms with Crippen molar-refractivity contribution in [2.24, 2.45) is 0 Å². The van der Waals surface area contributed by atoms with E-state index in [4.69, 9.17) is 4.52 Å². The van der Waals surface area contributed by atoms with Gasteiger partial charge in [0.25, 0.3) is 0 Å². The van der Waals surface area contributed by atoms with E-state index in [-0.39, 0.29) is 15.7 Å². The van der Waals surface area contributed by atoms with Crippen molar-refractivity contribution >= 4 is 31.2 Å². The second-order valence-electron chi connectivity index (χ2n) is 5.54. The highest BCUT2D eigenvalue weighted by Gasteiger charge is 2.32. The summed E-state index contributed by atoms with van der Waals surface area (Å²) < 4.78 is 55.5. The Labute approximate surface area is 138 Å². The number of sulfonamides is 1. The number of nitrogens with one attached hydrogen (secondary N) is 1. The van der Waals surface area contributed by atoms with Gasteiger partial charge in [-0.2, -0.15) is 0 Å². The second kappa shape index (κ2) is 5.69. The zero-order valence-electron chi connectivity index (χ0n) is 12.6. The van der Waals surface area contributed by atoms with Gasteiger partial charge in [0, 0.05) is 10.9 Å². The molecule has 3 rings (SSSR count). The summed E-state index contributed by atoms with van der Waals surface area (Å²) in [5, 5.41) is 3.86. The van der Waals surface area contributed by atoms with Gasteiger partial charge < -0.3 is 4.52 Å². The topological polar surface area (TPSA) is 106 Å². The minimum absolute atomic E-state index is 0.0228. The zero-order valence-corrected chi connectivity index (χ0v) is 15.0. The molecule has 0 amide bonds. The van der Waals surface area contributed by atoms with Crippen molar-refractivity contribution in [2.75, 3.05) is 11.5 Å². The SMILES string of the molecule is Cc1noc(C)c1-c1ccc(S(=O)(=O)N[C@H]2CCS(=O)(=O)C2)s1. The largest absolute Gasteiger partial charge is 0.361 e. The van der Waals surface area contributed by atoms with Gasteiger partial charge in [-0.15, -0.1) is 11.3 Å². The number of aryl methyl sites for hydroxylation is 2. The van der Waals surface area contributed by atoms with Crippen LogP contribution >= 0.6 is 11.3 Å². The van der Waals surface area contributed by atoms with Gasteiger partial charge in [0.1, 0.15) is 9.97 Å². The van der Waals surface area contributed by atoms with Gasteiger partial charge in [-0.05, 0) is 32.4 Å². The van der Waals surface area contributed by atoms with Crippen LogP contribution in [0, 0.1) is 13.8 Å². The maximum atomic E-state index is 12.4. The Morgan fingerprint density at radius 3 is 2.65 bits per heavy atom. The number of sulfone groups is 1. The fraction of sp³-hybridized carbons (Fsp3) is 0.462. The Morgan fingerprint density at radius 1 is 1.35 bits per heavy atom. The number of aromatic nitrogens is 1. The van der Waals surface area contributed by atoms with Gasteiger partial charge in [0.05, 0.1) is 22.8 Å². The van der Waals surface area contributed by atoms with Crippen LogP contribution in [0.2, 0.25) is 0 Å². The summed E-state index contributed by atoms with van der Waals surface area (Å²) >= 11 is 1.11. The number of thiophene rings is 1. The molecule has 0 unspecified atom stereocenters. The predicted octanol–water partition coefficient (Wildman–Crippen LogP) is 1.49. The summed E-state index contributed by atoms with van der Waals surface area (Å²) in [6.07, 6.45) is 0.309. The third-order valence-corrected chi connectivity index (χ3v) is 8.56. The van der Waals surface area contributed by atoms with Gasteiger partial charge in [-0.25, -0.2) is 21.6 Å². The molecule has 1 fully saturated rings. The lowest BCUT2D eigenvalue weighted by Gasteiger charge is -2.09. The van der Waals surface area contributed by atoms with Gasteiger partial charge >= 0.3 is 0 Å². The fourth-order valence-electron chi connectivity index (χ4n) is 2.60. The summed E-state index contributed by atoms with van der Waals surface area (Å²) in [5.41, 5.74) is 1.49. The van der Waals surface area contributed by atoms with Gasteiger partial charge in [0.2, 0.25) is 10.0 Å². The average molecular weight is 376 g/mol. The molecule has 0 radical (unpaired) electrons. The lowest BCUT2D eigenvalue weighted by molar-refractivity contribution is 0.393. The van der Waals surface area contributed by atoms with Crippen molar-refractivity contribution in [1.29, 1.82) is 0 Å². The van der Waals surface area contributed by atoms with Gasteiger partial charge in [-0.1, -0.05) is 5.16 Å². The van der Waals surface area contributed by atoms with E-state index in [9.17, 15) is 16.8 Å². The first-order chi connectivity index (χ1) is 10.7. The lowest BCUT2D eigenvalue weighted by atomic mass is 10.2. The van der Waals surface area contributed by atoms with Crippen LogP contribution in [-0.4, -0.2) is 39.5 Å². The van der Waals surface area contributed by atoms with Crippen molar-refractivity contribution in [3.63, 3.8) is 0 Å². The van der Waals surface area contributed by atoms with Crippen LogP contribution in [0.4, 0.5) is 0 Å². The normalized spacial score (nSPS) is 20.9. The minimum atomic E-state index is -3.74. The monoisotopic (exact) mass is 376 g/mol. The Hall–Kier alpha value is -1.23. The van der Waals surface area contributed by atoms with E-state index in [1.165, 1.54) is 6.07 Å². The van der Waals surface area contributed by atoms with Crippen molar-refractivity contribution in [3.05, 3.63) is 23.6 Å². The first kappa shape index (κ1) is 16.6. The Bertz CT molecular complexity index is 921. The standard InChI is InChI=1S/C13H16N2O5S3/c1-8-13(9(2)20-14-8)11-3-4-12(21-11)23(18,19)15-10-5-6-22(16,17)7-10/h3-4,10,15H,5-7H2,1-2H3/t10-/m0/s1. The molecular formula is C13H16N2O5S3. The third-order valence-electron chi connectivity index (χ3n) is 3.68. The van der Waals surface area contributed by atoms with Crippen molar-refractivity contribution in [1.82, 2.24) is 9.88 Å². The average Bonchev–Trinajstić information content (AvgIpc) is 3.10. The molecule has 0 aromatic carbocycles. The quantitative estimate of drug-likeness (QED) is 0.866. The molecule has 0 spiro atoms. The fourth-order valence-corrected chi connectivity index (χ4v) is 7.12. The van der Waals surface area contributed by atoms with Crippen LogP contribution in [0.3, 0.4) is 0 Å². The maximum Gasteiger partial charge on any atom is 0.250 e. The van der Waals surface area contributed by atoms with Crippen LogP contribution < -0.4 is 4.72 Å². The van der Waals surface area contributed by atoms with Crippen molar-refractivity contribution < 1.29 is 21.4 Å². The molecule has 0 bridgehead atoms. The first-order valence-electron chi connectivity index (χ1n) is 6.94. The Kier molecular flexibility index (Phi) is 4.11. The third kappa shape index (κ3) is 3.35. The Balaban J connectivity index is 1.85. The number of rotatable bonds is 4. The van der Waals surface area contributed by atoms with Crippen LogP contribution in [0.25, 0.3) is 10.4 Å². The van der Waals surface area contributed by atoms with E-state index in [1.807, 2.05) is 0 Å². The van der Waals surface area contributed by atoms with E-state index in [1.54, 1.807) is 19.9 Å². The number of nitrogens with zero attached hydrogens (tertiary/aromatic N) is 1. The van der Waals surface area contributed by atoms with Crippen molar-refractivity contribution in [3.8, 4) is 10.4 Å². The molecular weight excluding hydrogens is 360 g/mol. The first-order valence-corrected chi connectivity index (χ1v) is 11.1. The summed E-state index contributed by atoms with van der Waals surface area (Å²) in [5.74, 6) is 0.506. The molecule has 1 atom stereocenters. The molecule has 2 aromatic rings. The van der Waals surface area contributed by atoms with Crippen LogP contribution in [-0.2, 0) is 19.9 Å². The van der Waals surface area contributed by atoms with Crippen LogP contribution in [0.5, 0.6) is 0 Å². The number of hydrogen-bond acceptors (Lipinski definition) is 7. The summed E-state index contributed by atoms with van der Waals surface area (Å²) in [4.78, 5) is 0.751. The molecule has 2 aromatic heterocycles. The molecule has 0 aliphatic carbocycles.